The maximum atomic E-state index is 6.46. The minimum atomic E-state index is -1.91. The van der Waals surface area contributed by atoms with Crippen LogP contribution in [0.5, 0.6) is 11.5 Å². The Hall–Kier alpha value is -1.78. The first kappa shape index (κ1) is 20.0. The number of benzene rings is 1. The van der Waals surface area contributed by atoms with Gasteiger partial charge in [0, 0.05) is 23.4 Å². The van der Waals surface area contributed by atoms with Gasteiger partial charge in [0.05, 0.1) is 10.7 Å². The number of fused-ring (bicyclic) bond motifs is 1. The lowest BCUT2D eigenvalue weighted by atomic mass is 9.92. The van der Waals surface area contributed by atoms with Crippen molar-refractivity contribution in [3.8, 4) is 11.5 Å². The van der Waals surface area contributed by atoms with Crippen LogP contribution >= 0.6 is 11.6 Å². The lowest BCUT2D eigenvalue weighted by Gasteiger charge is -2.37. The van der Waals surface area contributed by atoms with E-state index >= 15 is 0 Å². The second kappa shape index (κ2) is 6.68. The molecule has 3 nitrogen and oxygen atoms in total. The summed E-state index contributed by atoms with van der Waals surface area (Å²) >= 11 is 6.01. The molecule has 0 N–H and O–H groups in total. The summed E-state index contributed by atoms with van der Waals surface area (Å²) in [5.74, 6) is 1.69. The van der Waals surface area contributed by atoms with E-state index in [1.165, 1.54) is 0 Å². The third-order valence-corrected chi connectivity index (χ3v) is 9.87. The first-order valence-electron chi connectivity index (χ1n) is 9.25. The van der Waals surface area contributed by atoms with Crippen molar-refractivity contribution < 1.29 is 9.16 Å². The van der Waals surface area contributed by atoms with E-state index in [9.17, 15) is 0 Å². The van der Waals surface area contributed by atoms with Gasteiger partial charge in [0.25, 0.3) is 0 Å². The van der Waals surface area contributed by atoms with Crippen LogP contribution in [-0.4, -0.2) is 18.9 Å². The fourth-order valence-electron chi connectivity index (χ4n) is 2.81. The molecule has 0 bridgehead atoms. The Morgan fingerprint density at radius 2 is 1.81 bits per heavy atom. The van der Waals surface area contributed by atoms with Crippen LogP contribution in [0.2, 0.25) is 23.2 Å². The first-order chi connectivity index (χ1) is 12.4. The van der Waals surface area contributed by atoms with E-state index in [0.717, 1.165) is 28.3 Å². The summed E-state index contributed by atoms with van der Waals surface area (Å²) in [6.07, 6.45) is 3.79. The highest BCUT2D eigenvalue weighted by Gasteiger charge is 2.39. The van der Waals surface area contributed by atoms with Crippen LogP contribution in [-0.2, 0) is 0 Å². The van der Waals surface area contributed by atoms with Gasteiger partial charge in [-0.3, -0.25) is 4.98 Å². The Kier molecular flexibility index (Phi) is 4.94. The van der Waals surface area contributed by atoms with Crippen LogP contribution < -0.4 is 9.16 Å². The molecule has 5 heteroatoms. The second-order valence-electron chi connectivity index (χ2n) is 9.15. The number of ether oxygens (including phenoxy) is 1. The maximum Gasteiger partial charge on any atom is 0.250 e. The normalized spacial score (nSPS) is 16.2. The van der Waals surface area contributed by atoms with Crippen molar-refractivity contribution in [1.29, 1.82) is 0 Å². The van der Waals surface area contributed by atoms with Crippen LogP contribution in [0.4, 0.5) is 0 Å². The average Bonchev–Trinajstić information content (AvgIpc) is 2.52. The topological polar surface area (TPSA) is 31.4 Å². The minimum absolute atomic E-state index is 0.140. The van der Waals surface area contributed by atoms with E-state index in [1.807, 2.05) is 38.1 Å². The van der Waals surface area contributed by atoms with Gasteiger partial charge < -0.3 is 9.16 Å². The highest BCUT2D eigenvalue weighted by atomic mass is 35.5. The van der Waals surface area contributed by atoms with Crippen molar-refractivity contribution in [2.75, 3.05) is 0 Å². The van der Waals surface area contributed by atoms with Crippen molar-refractivity contribution in [2.24, 2.45) is 0 Å². The number of halogens is 1. The number of pyridine rings is 1. The second-order valence-corrected chi connectivity index (χ2v) is 14.3. The van der Waals surface area contributed by atoms with Crippen molar-refractivity contribution in [2.45, 2.75) is 58.4 Å². The van der Waals surface area contributed by atoms with Gasteiger partial charge in [0.15, 0.2) is 0 Å². The fourth-order valence-corrected chi connectivity index (χ4v) is 3.94. The van der Waals surface area contributed by atoms with Crippen LogP contribution in [0.25, 0.3) is 5.57 Å². The Morgan fingerprint density at radius 1 is 1.11 bits per heavy atom. The molecule has 0 saturated carbocycles. The van der Waals surface area contributed by atoms with Crippen molar-refractivity contribution in [3.63, 3.8) is 0 Å². The summed E-state index contributed by atoms with van der Waals surface area (Å²) in [7, 11) is -1.91. The summed E-state index contributed by atoms with van der Waals surface area (Å²) < 4.78 is 12.7. The smallest absolute Gasteiger partial charge is 0.250 e. The summed E-state index contributed by atoms with van der Waals surface area (Å²) in [6, 6.07) is 9.92. The zero-order valence-corrected chi connectivity index (χ0v) is 18.9. The molecule has 0 fully saturated rings. The maximum absolute atomic E-state index is 6.46. The average molecular weight is 402 g/mol. The highest BCUT2D eigenvalue weighted by molar-refractivity contribution is 6.74. The van der Waals surface area contributed by atoms with Crippen LogP contribution in [0, 0.1) is 0 Å². The zero-order chi connectivity index (χ0) is 20.0. The molecular formula is C22H28ClNO2Si. The van der Waals surface area contributed by atoms with Crippen LogP contribution in [0.15, 0.2) is 42.6 Å². The van der Waals surface area contributed by atoms with Gasteiger partial charge in [-0.15, -0.1) is 0 Å². The molecule has 0 radical (unpaired) electrons. The Labute approximate surface area is 168 Å². The molecule has 0 spiro atoms. The Balaban J connectivity index is 2.01. The number of hydrogen-bond acceptors (Lipinski definition) is 3. The predicted molar refractivity (Wildman–Crippen MR) is 115 cm³/mol. The Morgan fingerprint density at radius 3 is 2.41 bits per heavy atom. The highest BCUT2D eigenvalue weighted by Crippen LogP contribution is 2.43. The van der Waals surface area contributed by atoms with Gasteiger partial charge in [0.2, 0.25) is 8.32 Å². The van der Waals surface area contributed by atoms with Crippen LogP contribution in [0.3, 0.4) is 0 Å². The van der Waals surface area contributed by atoms with E-state index in [4.69, 9.17) is 20.8 Å². The predicted octanol–water partition coefficient (Wildman–Crippen LogP) is 6.72. The molecule has 0 atom stereocenters. The monoisotopic (exact) mass is 401 g/mol. The molecule has 1 aromatic carbocycles. The van der Waals surface area contributed by atoms with Gasteiger partial charge in [-0.25, -0.2) is 0 Å². The van der Waals surface area contributed by atoms with E-state index in [-0.39, 0.29) is 5.04 Å². The van der Waals surface area contributed by atoms with Gasteiger partial charge >= 0.3 is 0 Å². The Bertz CT molecular complexity index is 880. The van der Waals surface area contributed by atoms with Crippen molar-refractivity contribution >= 4 is 25.5 Å². The van der Waals surface area contributed by atoms with E-state index in [2.05, 4.69) is 51.0 Å². The molecule has 3 rings (SSSR count). The van der Waals surface area contributed by atoms with E-state index in [1.54, 1.807) is 6.20 Å². The summed E-state index contributed by atoms with van der Waals surface area (Å²) in [6.45, 7) is 15.3. The first-order valence-corrected chi connectivity index (χ1v) is 12.5. The van der Waals surface area contributed by atoms with Crippen molar-refractivity contribution in [3.05, 3.63) is 58.9 Å². The standard InChI is InChI=1S/C22H28ClNO2Si/c1-21(2,3)27(6,7)26-16-9-10-17-18(19-11-8-15(23)14-24-19)13-22(4,5)25-20(17)12-16/h8-14H,1-7H3. The van der Waals surface area contributed by atoms with Crippen molar-refractivity contribution in [1.82, 2.24) is 4.98 Å². The number of hydrogen-bond donors (Lipinski definition) is 0. The van der Waals surface area contributed by atoms with Gasteiger partial charge in [-0.1, -0.05) is 32.4 Å². The minimum Gasteiger partial charge on any atom is -0.543 e. The lowest BCUT2D eigenvalue weighted by Crippen LogP contribution is -2.43. The molecule has 27 heavy (non-hydrogen) atoms. The third kappa shape index (κ3) is 4.22. The SMILES string of the molecule is CC1(C)C=C(c2ccc(Cl)cn2)c2ccc(O[Si](C)(C)C(C)(C)C)cc2O1. The quantitative estimate of drug-likeness (QED) is 0.534. The molecule has 2 aromatic rings. The molecule has 1 aromatic heterocycles. The lowest BCUT2D eigenvalue weighted by molar-refractivity contribution is 0.158. The number of aromatic nitrogens is 1. The molecule has 0 saturated heterocycles. The number of rotatable bonds is 3. The van der Waals surface area contributed by atoms with Crippen LogP contribution in [0.1, 0.15) is 45.9 Å². The molecule has 0 amide bonds. The molecule has 144 valence electrons. The summed E-state index contributed by atoms with van der Waals surface area (Å²) in [4.78, 5) is 4.50. The molecule has 1 aliphatic rings. The zero-order valence-electron chi connectivity index (χ0n) is 17.2. The van der Waals surface area contributed by atoms with E-state index < -0.39 is 13.9 Å². The van der Waals surface area contributed by atoms with Gasteiger partial charge in [-0.05, 0) is 62.3 Å². The number of nitrogens with zero attached hydrogens (tertiary/aromatic N) is 1. The fraction of sp³-hybridized carbons (Fsp3) is 0.409. The van der Waals surface area contributed by atoms with E-state index in [0.29, 0.717) is 5.02 Å². The molecule has 1 aliphatic heterocycles. The molecule has 0 unspecified atom stereocenters. The molecule has 2 heterocycles. The molecular weight excluding hydrogens is 374 g/mol. The summed E-state index contributed by atoms with van der Waals surface area (Å²) in [5, 5.41) is 0.769. The van der Waals surface area contributed by atoms with Gasteiger partial charge in [-0.2, -0.15) is 0 Å². The van der Waals surface area contributed by atoms with Gasteiger partial charge in [0.1, 0.15) is 17.1 Å². The molecule has 0 aliphatic carbocycles. The largest absolute Gasteiger partial charge is 0.543 e. The summed E-state index contributed by atoms with van der Waals surface area (Å²) in [5.41, 5.74) is 2.53. The third-order valence-electron chi connectivity index (χ3n) is 5.29.